The van der Waals surface area contributed by atoms with Gasteiger partial charge in [0.2, 0.25) is 0 Å². The van der Waals surface area contributed by atoms with Crippen LogP contribution in [0.2, 0.25) is 0 Å². The summed E-state index contributed by atoms with van der Waals surface area (Å²) in [6.45, 7) is 6.64. The van der Waals surface area contributed by atoms with E-state index in [1.165, 1.54) is 25.9 Å². The van der Waals surface area contributed by atoms with Crippen LogP contribution in [-0.2, 0) is 0 Å². The number of aromatic nitrogens is 1. The second-order valence-corrected chi connectivity index (χ2v) is 7.95. The first-order valence-corrected chi connectivity index (χ1v) is 10.4. The van der Waals surface area contributed by atoms with Gasteiger partial charge in [-0.15, -0.1) is 11.3 Å². The lowest BCUT2D eigenvalue weighted by Gasteiger charge is -2.30. The molecular formula is C20H28N4OS. The molecule has 1 aromatic heterocycles. The third-order valence-corrected chi connectivity index (χ3v) is 5.55. The van der Waals surface area contributed by atoms with Gasteiger partial charge in [-0.1, -0.05) is 19.1 Å². The summed E-state index contributed by atoms with van der Waals surface area (Å²) in [4.78, 5) is 18.9. The molecule has 2 heterocycles. The third kappa shape index (κ3) is 5.81. The number of thiazole rings is 1. The predicted octanol–water partition coefficient (Wildman–Crippen LogP) is 4.44. The molecule has 0 aliphatic carbocycles. The fourth-order valence-corrected chi connectivity index (χ4v) is 4.06. The maximum Gasteiger partial charge on any atom is 0.319 e. The number of nitrogens with zero attached hydrogens (tertiary/aromatic N) is 2. The molecular weight excluding hydrogens is 344 g/mol. The number of hydrogen-bond donors (Lipinski definition) is 2. The highest BCUT2D eigenvalue weighted by molar-refractivity contribution is 7.13. The van der Waals surface area contributed by atoms with Gasteiger partial charge in [0.1, 0.15) is 5.01 Å². The van der Waals surface area contributed by atoms with E-state index in [9.17, 15) is 4.79 Å². The van der Waals surface area contributed by atoms with Crippen LogP contribution in [0.3, 0.4) is 0 Å². The highest BCUT2D eigenvalue weighted by atomic mass is 32.1. The van der Waals surface area contributed by atoms with Gasteiger partial charge in [-0.05, 0) is 56.8 Å². The van der Waals surface area contributed by atoms with E-state index in [-0.39, 0.29) is 6.03 Å². The first-order chi connectivity index (χ1) is 12.7. The Bertz CT molecular complexity index is 689. The molecule has 0 radical (unpaired) electrons. The predicted molar refractivity (Wildman–Crippen MR) is 109 cm³/mol. The summed E-state index contributed by atoms with van der Waals surface area (Å²) in [7, 11) is 0. The van der Waals surface area contributed by atoms with Crippen molar-refractivity contribution in [3.05, 3.63) is 35.8 Å². The number of likely N-dealkylation sites (tertiary alicyclic amines) is 1. The number of unbranched alkanes of at least 4 members (excludes halogenated alkanes) is 1. The normalized spacial score (nSPS) is 17.8. The molecule has 1 unspecified atom stereocenters. The minimum absolute atomic E-state index is 0.145. The molecule has 6 heteroatoms. The van der Waals surface area contributed by atoms with Gasteiger partial charge in [0, 0.05) is 35.9 Å². The van der Waals surface area contributed by atoms with E-state index in [1.54, 1.807) is 17.5 Å². The zero-order chi connectivity index (χ0) is 18.2. The van der Waals surface area contributed by atoms with Gasteiger partial charge in [-0.3, -0.25) is 0 Å². The van der Waals surface area contributed by atoms with Crippen LogP contribution in [-0.4, -0.2) is 42.1 Å². The number of anilines is 1. The SMILES string of the molecule is CC1CCCN(CCCCNC(=O)Nc2cccc(-c3nccs3)c2)C1. The standard InChI is InChI=1S/C20H28N4OS/c1-16-6-5-12-24(15-16)11-3-2-9-22-20(25)23-18-8-4-7-17(14-18)19-21-10-13-26-19/h4,7-8,10,13-14,16H,2-3,5-6,9,11-12,15H2,1H3,(H2,22,23,25). The summed E-state index contributed by atoms with van der Waals surface area (Å²) in [5, 5.41) is 8.77. The molecule has 1 aliphatic rings. The molecule has 2 N–H and O–H groups in total. The van der Waals surface area contributed by atoms with Crippen LogP contribution in [0, 0.1) is 5.92 Å². The Kier molecular flexibility index (Phi) is 7.03. The van der Waals surface area contributed by atoms with E-state index in [1.807, 2.05) is 29.6 Å². The van der Waals surface area contributed by atoms with E-state index >= 15 is 0 Å². The molecule has 1 saturated heterocycles. The number of amides is 2. The summed E-state index contributed by atoms with van der Waals surface area (Å²) < 4.78 is 0. The molecule has 140 valence electrons. The van der Waals surface area contributed by atoms with Crippen LogP contribution in [0.15, 0.2) is 35.8 Å². The van der Waals surface area contributed by atoms with E-state index in [0.29, 0.717) is 6.54 Å². The van der Waals surface area contributed by atoms with E-state index in [2.05, 4.69) is 27.4 Å². The zero-order valence-corrected chi connectivity index (χ0v) is 16.2. The number of urea groups is 1. The number of hydrogen-bond acceptors (Lipinski definition) is 4. The van der Waals surface area contributed by atoms with E-state index in [0.717, 1.165) is 41.6 Å². The number of carbonyl (C=O) groups excluding carboxylic acids is 1. The molecule has 1 atom stereocenters. The third-order valence-electron chi connectivity index (χ3n) is 4.73. The van der Waals surface area contributed by atoms with E-state index in [4.69, 9.17) is 0 Å². The maximum absolute atomic E-state index is 12.1. The van der Waals surface area contributed by atoms with Gasteiger partial charge in [0.05, 0.1) is 0 Å². The average Bonchev–Trinajstić information content (AvgIpc) is 3.16. The first kappa shape index (κ1) is 18.9. The highest BCUT2D eigenvalue weighted by Crippen LogP contribution is 2.24. The smallest absolute Gasteiger partial charge is 0.319 e. The zero-order valence-electron chi connectivity index (χ0n) is 15.4. The van der Waals surface area contributed by atoms with E-state index < -0.39 is 0 Å². The van der Waals surface area contributed by atoms with Crippen molar-refractivity contribution in [2.75, 3.05) is 31.5 Å². The Hall–Kier alpha value is -1.92. The van der Waals surface area contributed by atoms with Crippen LogP contribution < -0.4 is 10.6 Å². The molecule has 0 saturated carbocycles. The summed E-state index contributed by atoms with van der Waals surface area (Å²) >= 11 is 1.59. The fourth-order valence-electron chi connectivity index (χ4n) is 3.42. The number of rotatable bonds is 7. The molecule has 1 aliphatic heterocycles. The van der Waals surface area contributed by atoms with Crippen molar-refractivity contribution in [2.45, 2.75) is 32.6 Å². The number of carbonyl (C=O) groups is 1. The minimum Gasteiger partial charge on any atom is -0.338 e. The van der Waals surface area contributed by atoms with Crippen molar-refractivity contribution < 1.29 is 4.79 Å². The monoisotopic (exact) mass is 372 g/mol. The highest BCUT2D eigenvalue weighted by Gasteiger charge is 2.15. The Morgan fingerprint density at radius 2 is 2.31 bits per heavy atom. The molecule has 1 fully saturated rings. The Morgan fingerprint density at radius 3 is 3.12 bits per heavy atom. The Labute approximate surface area is 159 Å². The molecule has 3 rings (SSSR count). The van der Waals surface area contributed by atoms with Crippen molar-refractivity contribution in [3.63, 3.8) is 0 Å². The van der Waals surface area contributed by atoms with Gasteiger partial charge < -0.3 is 15.5 Å². The van der Waals surface area contributed by atoms with Crippen molar-refractivity contribution in [1.82, 2.24) is 15.2 Å². The maximum atomic E-state index is 12.1. The van der Waals surface area contributed by atoms with Gasteiger partial charge in [0.25, 0.3) is 0 Å². The molecule has 1 aromatic carbocycles. The van der Waals surface area contributed by atoms with Crippen molar-refractivity contribution in [3.8, 4) is 10.6 Å². The van der Waals surface area contributed by atoms with Crippen molar-refractivity contribution in [2.24, 2.45) is 5.92 Å². The summed E-state index contributed by atoms with van der Waals surface area (Å²) in [5.41, 5.74) is 1.81. The van der Waals surface area contributed by atoms with Crippen LogP contribution in [0.4, 0.5) is 10.5 Å². The Morgan fingerprint density at radius 1 is 1.38 bits per heavy atom. The van der Waals surface area contributed by atoms with Gasteiger partial charge in [-0.25, -0.2) is 9.78 Å². The number of benzene rings is 1. The summed E-state index contributed by atoms with van der Waals surface area (Å²) in [5.74, 6) is 0.827. The topological polar surface area (TPSA) is 57.3 Å². The van der Waals surface area contributed by atoms with Gasteiger partial charge in [-0.2, -0.15) is 0 Å². The first-order valence-electron chi connectivity index (χ1n) is 9.48. The second kappa shape index (κ2) is 9.69. The van der Waals surface area contributed by atoms with Crippen LogP contribution >= 0.6 is 11.3 Å². The lowest BCUT2D eigenvalue weighted by atomic mass is 10.0. The summed E-state index contributed by atoms with van der Waals surface area (Å²) in [6, 6.07) is 7.65. The molecule has 2 amide bonds. The average molecular weight is 373 g/mol. The minimum atomic E-state index is -0.145. The largest absolute Gasteiger partial charge is 0.338 e. The molecule has 0 bridgehead atoms. The lowest BCUT2D eigenvalue weighted by molar-refractivity contribution is 0.181. The number of nitrogens with one attached hydrogen (secondary N) is 2. The van der Waals surface area contributed by atoms with Crippen molar-refractivity contribution in [1.29, 1.82) is 0 Å². The quantitative estimate of drug-likeness (QED) is 0.706. The van der Waals surface area contributed by atoms with Crippen LogP contribution in [0.5, 0.6) is 0 Å². The summed E-state index contributed by atoms with van der Waals surface area (Å²) in [6.07, 6.45) is 6.62. The van der Waals surface area contributed by atoms with Crippen molar-refractivity contribution >= 4 is 23.1 Å². The number of piperidine rings is 1. The van der Waals surface area contributed by atoms with Crippen LogP contribution in [0.1, 0.15) is 32.6 Å². The van der Waals surface area contributed by atoms with Gasteiger partial charge >= 0.3 is 6.03 Å². The van der Waals surface area contributed by atoms with Gasteiger partial charge in [0.15, 0.2) is 0 Å². The Balaban J connectivity index is 1.35. The second-order valence-electron chi connectivity index (χ2n) is 7.05. The van der Waals surface area contributed by atoms with Crippen LogP contribution in [0.25, 0.3) is 10.6 Å². The fraction of sp³-hybridized carbons (Fsp3) is 0.500. The molecule has 5 nitrogen and oxygen atoms in total. The molecule has 0 spiro atoms. The lowest BCUT2D eigenvalue weighted by Crippen LogP contribution is -2.35. The molecule has 26 heavy (non-hydrogen) atoms. The molecule has 2 aromatic rings.